The van der Waals surface area contributed by atoms with Crippen LogP contribution in [0.5, 0.6) is 0 Å². The van der Waals surface area contributed by atoms with E-state index in [1.54, 1.807) is 0 Å². The predicted octanol–water partition coefficient (Wildman–Crippen LogP) is 3.14. The third-order valence-electron chi connectivity index (χ3n) is 2.95. The van der Waals surface area contributed by atoms with Crippen LogP contribution in [0.15, 0.2) is 24.3 Å². The molecule has 0 fully saturated rings. The number of benzene rings is 1. The van der Waals surface area contributed by atoms with Crippen LogP contribution in [0, 0.1) is 0 Å². The van der Waals surface area contributed by atoms with E-state index in [4.69, 9.17) is 18.0 Å². The summed E-state index contributed by atoms with van der Waals surface area (Å²) in [6, 6.07) is 8.76. The van der Waals surface area contributed by atoms with E-state index in [-0.39, 0.29) is 0 Å². The van der Waals surface area contributed by atoms with Crippen LogP contribution in [0.3, 0.4) is 0 Å². The highest BCUT2D eigenvalue weighted by atomic mass is 32.1. The lowest BCUT2D eigenvalue weighted by molar-refractivity contribution is 0.742. The highest BCUT2D eigenvalue weighted by Crippen LogP contribution is 2.14. The Morgan fingerprint density at radius 3 is 2.41 bits per heavy atom. The second-order valence-electron chi connectivity index (χ2n) is 4.36. The number of anilines is 1. The smallest absolute Gasteiger partial charge is 0.0727 e. The molecule has 0 aromatic heterocycles. The van der Waals surface area contributed by atoms with Crippen LogP contribution in [-0.2, 0) is 6.42 Å². The normalized spacial score (nSPS) is 10.2. The van der Waals surface area contributed by atoms with Gasteiger partial charge >= 0.3 is 0 Å². The molecule has 1 aromatic rings. The molecule has 0 saturated heterocycles. The Labute approximate surface area is 110 Å². The predicted molar refractivity (Wildman–Crippen MR) is 79.7 cm³/mol. The van der Waals surface area contributed by atoms with Crippen LogP contribution in [0.1, 0.15) is 31.7 Å². The second-order valence-corrected chi connectivity index (χ2v) is 4.89. The molecule has 0 aliphatic carbocycles. The number of nitrogens with zero attached hydrogens (tertiary/aromatic N) is 1. The van der Waals surface area contributed by atoms with E-state index in [1.807, 2.05) is 0 Å². The zero-order valence-corrected chi connectivity index (χ0v) is 11.6. The third-order valence-corrected chi connectivity index (χ3v) is 3.16. The molecule has 1 rings (SSSR count). The Balaban J connectivity index is 2.35. The van der Waals surface area contributed by atoms with Crippen molar-refractivity contribution in [2.24, 2.45) is 5.73 Å². The van der Waals surface area contributed by atoms with Crippen molar-refractivity contribution in [1.82, 2.24) is 0 Å². The topological polar surface area (TPSA) is 29.3 Å². The van der Waals surface area contributed by atoms with Crippen LogP contribution < -0.4 is 10.6 Å². The molecule has 0 saturated carbocycles. The number of aryl methyl sites for hydroxylation is 1. The SMILES string of the molecule is CCc1ccc(N(C)CCCCC(N)=S)cc1. The summed E-state index contributed by atoms with van der Waals surface area (Å²) in [4.78, 5) is 2.90. The van der Waals surface area contributed by atoms with E-state index in [2.05, 4.69) is 43.1 Å². The Morgan fingerprint density at radius 1 is 1.24 bits per heavy atom. The third kappa shape index (κ3) is 5.18. The molecule has 0 unspecified atom stereocenters. The minimum absolute atomic E-state index is 0.625. The molecule has 3 heteroatoms. The average molecular weight is 250 g/mol. The van der Waals surface area contributed by atoms with Crippen molar-refractivity contribution in [3.8, 4) is 0 Å². The Bertz CT molecular complexity index is 346. The summed E-state index contributed by atoms with van der Waals surface area (Å²) in [7, 11) is 2.13. The maximum atomic E-state index is 5.47. The van der Waals surface area contributed by atoms with Crippen molar-refractivity contribution < 1.29 is 0 Å². The zero-order valence-electron chi connectivity index (χ0n) is 10.8. The Hall–Kier alpha value is -1.09. The monoisotopic (exact) mass is 250 g/mol. The first kappa shape index (κ1) is 14.0. The molecule has 0 radical (unpaired) electrons. The van der Waals surface area contributed by atoms with Gasteiger partial charge in [-0.25, -0.2) is 0 Å². The average Bonchev–Trinajstić information content (AvgIpc) is 2.34. The minimum Gasteiger partial charge on any atom is -0.393 e. The summed E-state index contributed by atoms with van der Waals surface area (Å²) in [6.07, 6.45) is 4.16. The van der Waals surface area contributed by atoms with Crippen molar-refractivity contribution in [3.05, 3.63) is 29.8 Å². The van der Waals surface area contributed by atoms with Gasteiger partial charge in [0.05, 0.1) is 4.99 Å². The van der Waals surface area contributed by atoms with Crippen LogP contribution in [0.4, 0.5) is 5.69 Å². The van der Waals surface area contributed by atoms with Crippen molar-refractivity contribution in [3.63, 3.8) is 0 Å². The number of hydrogen-bond acceptors (Lipinski definition) is 2. The number of nitrogens with two attached hydrogens (primary N) is 1. The van der Waals surface area contributed by atoms with Crippen LogP contribution in [-0.4, -0.2) is 18.6 Å². The summed E-state index contributed by atoms with van der Waals surface area (Å²) in [5, 5.41) is 0. The molecule has 17 heavy (non-hydrogen) atoms. The molecule has 2 nitrogen and oxygen atoms in total. The van der Waals surface area contributed by atoms with Gasteiger partial charge in [-0.05, 0) is 43.4 Å². The largest absolute Gasteiger partial charge is 0.393 e. The molecular weight excluding hydrogens is 228 g/mol. The molecule has 0 spiro atoms. The fourth-order valence-electron chi connectivity index (χ4n) is 1.76. The first-order valence-corrected chi connectivity index (χ1v) is 6.62. The maximum Gasteiger partial charge on any atom is 0.0727 e. The first-order chi connectivity index (χ1) is 8.13. The maximum absolute atomic E-state index is 5.47. The lowest BCUT2D eigenvalue weighted by atomic mass is 10.1. The molecule has 0 atom stereocenters. The lowest BCUT2D eigenvalue weighted by Crippen LogP contribution is -2.19. The summed E-state index contributed by atoms with van der Waals surface area (Å²) < 4.78 is 0. The van der Waals surface area contributed by atoms with E-state index in [0.29, 0.717) is 4.99 Å². The van der Waals surface area contributed by atoms with Crippen LogP contribution in [0.2, 0.25) is 0 Å². The molecule has 1 aromatic carbocycles. The van der Waals surface area contributed by atoms with Gasteiger partial charge < -0.3 is 10.6 Å². The molecule has 0 amide bonds. The fourth-order valence-corrected chi connectivity index (χ4v) is 1.91. The highest BCUT2D eigenvalue weighted by Gasteiger charge is 2.00. The summed E-state index contributed by atoms with van der Waals surface area (Å²) >= 11 is 4.86. The molecule has 94 valence electrons. The number of hydrogen-bond donors (Lipinski definition) is 1. The van der Waals surface area contributed by atoms with Gasteiger partial charge in [0.15, 0.2) is 0 Å². The number of unbranched alkanes of at least 4 members (excludes halogenated alkanes) is 1. The van der Waals surface area contributed by atoms with E-state index < -0.39 is 0 Å². The van der Waals surface area contributed by atoms with E-state index in [1.165, 1.54) is 11.3 Å². The number of thiocarbonyl (C=S) groups is 1. The van der Waals surface area contributed by atoms with Gasteiger partial charge in [-0.15, -0.1) is 0 Å². The summed E-state index contributed by atoms with van der Waals surface area (Å²) in [5.74, 6) is 0. The molecule has 2 N–H and O–H groups in total. The number of rotatable bonds is 7. The quantitative estimate of drug-likeness (QED) is 0.595. The minimum atomic E-state index is 0.625. The zero-order chi connectivity index (χ0) is 12.7. The van der Waals surface area contributed by atoms with Crippen molar-refractivity contribution >= 4 is 22.9 Å². The first-order valence-electron chi connectivity index (χ1n) is 6.22. The Morgan fingerprint density at radius 2 is 1.88 bits per heavy atom. The van der Waals surface area contributed by atoms with Gasteiger partial charge in [0.1, 0.15) is 0 Å². The molecule has 0 heterocycles. The Kier molecular flexibility index (Phi) is 5.98. The van der Waals surface area contributed by atoms with Crippen molar-refractivity contribution in [2.45, 2.75) is 32.6 Å². The van der Waals surface area contributed by atoms with Gasteiger partial charge in [-0.1, -0.05) is 31.3 Å². The van der Waals surface area contributed by atoms with Gasteiger partial charge in [0.2, 0.25) is 0 Å². The standard InChI is InChI=1S/C14H22N2S/c1-3-12-7-9-13(10-8-12)16(2)11-5-4-6-14(15)17/h7-10H,3-6,11H2,1-2H3,(H2,15,17). The van der Waals surface area contributed by atoms with E-state index in [0.717, 1.165) is 32.2 Å². The molecular formula is C14H22N2S. The van der Waals surface area contributed by atoms with E-state index in [9.17, 15) is 0 Å². The molecule has 0 aliphatic rings. The van der Waals surface area contributed by atoms with Gasteiger partial charge in [-0.2, -0.15) is 0 Å². The fraction of sp³-hybridized carbons (Fsp3) is 0.500. The van der Waals surface area contributed by atoms with Gasteiger partial charge in [-0.3, -0.25) is 0 Å². The second kappa shape index (κ2) is 7.28. The summed E-state index contributed by atoms with van der Waals surface area (Å²) in [5.41, 5.74) is 8.13. The van der Waals surface area contributed by atoms with Gasteiger partial charge in [0, 0.05) is 19.3 Å². The molecule has 0 aliphatic heterocycles. The van der Waals surface area contributed by atoms with Crippen molar-refractivity contribution in [1.29, 1.82) is 0 Å². The van der Waals surface area contributed by atoms with Crippen molar-refractivity contribution in [2.75, 3.05) is 18.5 Å². The molecule has 0 bridgehead atoms. The van der Waals surface area contributed by atoms with Crippen LogP contribution in [0.25, 0.3) is 0 Å². The van der Waals surface area contributed by atoms with E-state index >= 15 is 0 Å². The highest BCUT2D eigenvalue weighted by molar-refractivity contribution is 7.80. The van der Waals surface area contributed by atoms with Crippen LogP contribution >= 0.6 is 12.2 Å². The lowest BCUT2D eigenvalue weighted by Gasteiger charge is -2.19. The van der Waals surface area contributed by atoms with Gasteiger partial charge in [0.25, 0.3) is 0 Å². The summed E-state index contributed by atoms with van der Waals surface area (Å²) in [6.45, 7) is 3.22.